The molecule has 0 N–H and O–H groups in total. The summed E-state index contributed by atoms with van der Waals surface area (Å²) in [6, 6.07) is 3.40. The van der Waals surface area contributed by atoms with E-state index in [1.807, 2.05) is 29.6 Å². The third-order valence-electron chi connectivity index (χ3n) is 4.47. The van der Waals surface area contributed by atoms with Gasteiger partial charge in [0, 0.05) is 61.2 Å². The van der Waals surface area contributed by atoms with Gasteiger partial charge in [0.25, 0.3) is 5.91 Å². The van der Waals surface area contributed by atoms with E-state index in [9.17, 15) is 4.79 Å². The number of piperazine rings is 1. The summed E-state index contributed by atoms with van der Waals surface area (Å²) in [5.74, 6) is 1.02. The smallest absolute Gasteiger partial charge is 0.254 e. The minimum Gasteiger partial charge on any atom is -0.337 e. The molecule has 128 valence electrons. The molecular formula is C17H20Cl2N4O. The predicted molar refractivity (Wildman–Crippen MR) is 95.6 cm³/mol. The Bertz CT molecular complexity index is 728. The lowest BCUT2D eigenvalue weighted by atomic mass is 10.1. The molecule has 1 aliphatic heterocycles. The number of carbonyl (C=O) groups is 1. The van der Waals surface area contributed by atoms with Gasteiger partial charge in [-0.05, 0) is 24.6 Å². The molecule has 1 saturated heterocycles. The molecule has 0 atom stereocenters. The molecule has 24 heavy (non-hydrogen) atoms. The summed E-state index contributed by atoms with van der Waals surface area (Å²) >= 11 is 12.3. The first-order valence-electron chi connectivity index (χ1n) is 7.89. The van der Waals surface area contributed by atoms with Gasteiger partial charge in [0.2, 0.25) is 0 Å². The Morgan fingerprint density at radius 3 is 2.33 bits per heavy atom. The Morgan fingerprint density at radius 1 is 1.17 bits per heavy atom. The van der Waals surface area contributed by atoms with Crippen molar-refractivity contribution >= 4 is 29.1 Å². The molecule has 2 aromatic rings. The van der Waals surface area contributed by atoms with E-state index in [1.54, 1.807) is 18.3 Å². The summed E-state index contributed by atoms with van der Waals surface area (Å²) in [4.78, 5) is 21.2. The van der Waals surface area contributed by atoms with Crippen LogP contribution in [0.1, 0.15) is 21.7 Å². The maximum atomic E-state index is 12.7. The van der Waals surface area contributed by atoms with Crippen LogP contribution in [0, 0.1) is 6.92 Å². The van der Waals surface area contributed by atoms with Crippen LogP contribution in [0.25, 0.3) is 0 Å². The lowest BCUT2D eigenvalue weighted by Crippen LogP contribution is -2.48. The fraction of sp³-hybridized carbons (Fsp3) is 0.412. The van der Waals surface area contributed by atoms with Crippen molar-refractivity contribution in [1.29, 1.82) is 0 Å². The molecule has 0 bridgehead atoms. The summed E-state index contributed by atoms with van der Waals surface area (Å²) in [5, 5.41) is 1.05. The average Bonchev–Trinajstić information content (AvgIpc) is 2.97. The largest absolute Gasteiger partial charge is 0.337 e. The normalized spacial score (nSPS) is 15.8. The summed E-state index contributed by atoms with van der Waals surface area (Å²) < 4.78 is 2.02. The summed E-state index contributed by atoms with van der Waals surface area (Å²) in [6.45, 7) is 5.67. The molecule has 1 aliphatic rings. The highest BCUT2D eigenvalue weighted by atomic mass is 35.5. The molecule has 0 radical (unpaired) electrons. The van der Waals surface area contributed by atoms with E-state index in [4.69, 9.17) is 23.2 Å². The van der Waals surface area contributed by atoms with Gasteiger partial charge < -0.3 is 9.47 Å². The first-order chi connectivity index (χ1) is 11.5. The summed E-state index contributed by atoms with van der Waals surface area (Å²) in [6.07, 6.45) is 3.75. The van der Waals surface area contributed by atoms with Gasteiger partial charge in [-0.15, -0.1) is 0 Å². The lowest BCUT2D eigenvalue weighted by Gasteiger charge is -2.34. The maximum absolute atomic E-state index is 12.7. The molecule has 7 heteroatoms. The second kappa shape index (κ2) is 7.13. The van der Waals surface area contributed by atoms with Crippen molar-refractivity contribution < 1.29 is 4.79 Å². The van der Waals surface area contributed by atoms with Gasteiger partial charge in [0.05, 0.1) is 6.54 Å². The van der Waals surface area contributed by atoms with Crippen molar-refractivity contribution in [2.24, 2.45) is 7.05 Å². The van der Waals surface area contributed by atoms with Crippen molar-refractivity contribution in [2.75, 3.05) is 26.2 Å². The zero-order valence-electron chi connectivity index (χ0n) is 13.8. The maximum Gasteiger partial charge on any atom is 0.254 e. The first-order valence-corrected chi connectivity index (χ1v) is 8.65. The molecule has 1 aromatic heterocycles. The molecule has 1 aromatic carbocycles. The Hall–Kier alpha value is -1.56. The molecule has 1 fully saturated rings. The number of imidazole rings is 1. The minimum atomic E-state index is -0.0181. The van der Waals surface area contributed by atoms with E-state index in [-0.39, 0.29) is 5.91 Å². The van der Waals surface area contributed by atoms with Crippen molar-refractivity contribution in [3.63, 3.8) is 0 Å². The van der Waals surface area contributed by atoms with Crippen LogP contribution in [0.5, 0.6) is 0 Å². The van der Waals surface area contributed by atoms with E-state index in [1.165, 1.54) is 0 Å². The average molecular weight is 367 g/mol. The quantitative estimate of drug-likeness (QED) is 0.838. The number of benzene rings is 1. The Morgan fingerprint density at radius 2 is 1.79 bits per heavy atom. The fourth-order valence-electron chi connectivity index (χ4n) is 2.81. The van der Waals surface area contributed by atoms with Crippen LogP contribution in [0.15, 0.2) is 24.5 Å². The standard InChI is InChI=1S/C17H20Cl2N4O/c1-12-14(18)9-13(10-15(12)19)17(24)23-7-5-22(6-8-23)11-16-20-3-4-21(16)2/h3-4,9-10H,5-8,11H2,1-2H3. The Kier molecular flexibility index (Phi) is 5.13. The van der Waals surface area contributed by atoms with Crippen LogP contribution in [0.4, 0.5) is 0 Å². The summed E-state index contributed by atoms with van der Waals surface area (Å²) in [7, 11) is 1.99. The Labute approximate surface area is 151 Å². The number of aryl methyl sites for hydroxylation is 1. The lowest BCUT2D eigenvalue weighted by molar-refractivity contribution is 0.0624. The highest BCUT2D eigenvalue weighted by Crippen LogP contribution is 2.26. The van der Waals surface area contributed by atoms with Crippen LogP contribution in [0.2, 0.25) is 10.0 Å². The van der Waals surface area contributed by atoms with Gasteiger partial charge in [0.1, 0.15) is 5.82 Å². The van der Waals surface area contributed by atoms with Crippen LogP contribution < -0.4 is 0 Å². The number of hydrogen-bond donors (Lipinski definition) is 0. The highest BCUT2D eigenvalue weighted by molar-refractivity contribution is 6.36. The zero-order chi connectivity index (χ0) is 17.3. The zero-order valence-corrected chi connectivity index (χ0v) is 15.3. The fourth-order valence-corrected chi connectivity index (χ4v) is 3.30. The minimum absolute atomic E-state index is 0.0181. The van der Waals surface area contributed by atoms with Gasteiger partial charge in [-0.3, -0.25) is 9.69 Å². The number of hydrogen-bond acceptors (Lipinski definition) is 3. The number of rotatable bonds is 3. The molecule has 3 rings (SSSR count). The van der Waals surface area contributed by atoms with E-state index < -0.39 is 0 Å². The number of amides is 1. The van der Waals surface area contributed by atoms with E-state index in [2.05, 4.69) is 9.88 Å². The third kappa shape index (κ3) is 3.58. The van der Waals surface area contributed by atoms with Crippen molar-refractivity contribution in [1.82, 2.24) is 19.4 Å². The number of halogens is 2. The predicted octanol–water partition coefficient (Wildman–Crippen LogP) is 2.99. The Balaban J connectivity index is 1.62. The van der Waals surface area contributed by atoms with E-state index in [0.29, 0.717) is 28.7 Å². The van der Waals surface area contributed by atoms with Gasteiger partial charge >= 0.3 is 0 Å². The van der Waals surface area contributed by atoms with Crippen LogP contribution in [-0.2, 0) is 13.6 Å². The van der Waals surface area contributed by atoms with E-state index in [0.717, 1.165) is 31.0 Å². The topological polar surface area (TPSA) is 41.4 Å². The second-order valence-electron chi connectivity index (χ2n) is 6.09. The summed E-state index contributed by atoms with van der Waals surface area (Å²) in [5.41, 5.74) is 1.35. The number of nitrogens with zero attached hydrogens (tertiary/aromatic N) is 4. The molecule has 0 unspecified atom stereocenters. The molecule has 0 aliphatic carbocycles. The third-order valence-corrected chi connectivity index (χ3v) is 5.26. The van der Waals surface area contributed by atoms with Crippen LogP contribution in [0.3, 0.4) is 0 Å². The number of aromatic nitrogens is 2. The van der Waals surface area contributed by atoms with Crippen molar-refractivity contribution in [3.8, 4) is 0 Å². The highest BCUT2D eigenvalue weighted by Gasteiger charge is 2.23. The SMILES string of the molecule is Cc1c(Cl)cc(C(=O)N2CCN(Cc3nccn3C)CC2)cc1Cl. The van der Waals surface area contributed by atoms with Gasteiger partial charge in [-0.1, -0.05) is 23.2 Å². The molecule has 0 spiro atoms. The number of carbonyl (C=O) groups excluding carboxylic acids is 1. The molecule has 5 nitrogen and oxygen atoms in total. The van der Waals surface area contributed by atoms with Gasteiger partial charge in [-0.25, -0.2) is 4.98 Å². The van der Waals surface area contributed by atoms with Crippen molar-refractivity contribution in [3.05, 3.63) is 51.5 Å². The van der Waals surface area contributed by atoms with E-state index >= 15 is 0 Å². The molecule has 0 saturated carbocycles. The van der Waals surface area contributed by atoms with Gasteiger partial charge in [0.15, 0.2) is 0 Å². The molecule has 2 heterocycles. The monoisotopic (exact) mass is 366 g/mol. The first kappa shape index (κ1) is 17.3. The van der Waals surface area contributed by atoms with Crippen LogP contribution >= 0.6 is 23.2 Å². The van der Waals surface area contributed by atoms with Crippen LogP contribution in [-0.4, -0.2) is 51.4 Å². The van der Waals surface area contributed by atoms with Gasteiger partial charge in [-0.2, -0.15) is 0 Å². The van der Waals surface area contributed by atoms with Crippen molar-refractivity contribution in [2.45, 2.75) is 13.5 Å². The molecular weight excluding hydrogens is 347 g/mol. The molecule has 1 amide bonds. The second-order valence-corrected chi connectivity index (χ2v) is 6.90.